The minimum absolute atomic E-state index is 0.0248. The maximum atomic E-state index is 12.7. The van der Waals surface area contributed by atoms with E-state index >= 15 is 0 Å². The summed E-state index contributed by atoms with van der Waals surface area (Å²) in [6, 6.07) is 21.3. The minimum Gasteiger partial charge on any atom is -0.497 e. The number of benzene rings is 3. The lowest BCUT2D eigenvalue weighted by Crippen LogP contribution is -2.50. The van der Waals surface area contributed by atoms with Crippen LogP contribution in [0.15, 0.2) is 77.7 Å². The fourth-order valence-corrected chi connectivity index (χ4v) is 5.20. The van der Waals surface area contributed by atoms with Crippen LogP contribution in [0.25, 0.3) is 0 Å². The highest BCUT2D eigenvalue weighted by molar-refractivity contribution is 7.89. The molecule has 1 aliphatic rings. The van der Waals surface area contributed by atoms with Gasteiger partial charge in [-0.1, -0.05) is 41.9 Å². The lowest BCUT2D eigenvalue weighted by Gasteiger charge is -2.36. The summed E-state index contributed by atoms with van der Waals surface area (Å²) >= 11 is 6.27. The standard InChI is InChI=1S/C26H28ClN3O5S/c1-34-22-9-7-21(8-10-22)29-13-15-30(16-14-29)26(31)19-35-25-12-11-23(17-24(25)27)36(32,33)28-18-20-5-3-2-4-6-20/h2-12,17,28H,13-16,18-19H2,1H3. The number of sulfonamides is 1. The highest BCUT2D eigenvalue weighted by atomic mass is 35.5. The molecule has 1 fully saturated rings. The number of ether oxygens (including phenoxy) is 2. The molecular weight excluding hydrogens is 502 g/mol. The van der Waals surface area contributed by atoms with E-state index in [0.29, 0.717) is 26.2 Å². The van der Waals surface area contributed by atoms with Gasteiger partial charge < -0.3 is 19.3 Å². The molecule has 0 aliphatic carbocycles. The number of carbonyl (C=O) groups excluding carboxylic acids is 1. The van der Waals surface area contributed by atoms with Crippen LogP contribution >= 0.6 is 11.6 Å². The number of carbonyl (C=O) groups is 1. The second-order valence-corrected chi connectivity index (χ2v) is 10.4. The lowest BCUT2D eigenvalue weighted by atomic mass is 10.2. The summed E-state index contributed by atoms with van der Waals surface area (Å²) in [5.74, 6) is 0.906. The van der Waals surface area contributed by atoms with Crippen molar-refractivity contribution in [1.82, 2.24) is 9.62 Å². The second kappa shape index (κ2) is 11.6. The molecule has 3 aromatic carbocycles. The van der Waals surface area contributed by atoms with Crippen molar-refractivity contribution in [2.45, 2.75) is 11.4 Å². The van der Waals surface area contributed by atoms with Gasteiger partial charge in [0.25, 0.3) is 5.91 Å². The Bertz CT molecular complexity index is 1280. The van der Waals surface area contributed by atoms with Gasteiger partial charge in [0.05, 0.1) is 17.0 Å². The SMILES string of the molecule is COc1ccc(N2CCN(C(=O)COc3ccc(S(=O)(=O)NCc4ccccc4)cc3Cl)CC2)cc1. The third-order valence-electron chi connectivity index (χ3n) is 5.94. The van der Waals surface area contributed by atoms with Gasteiger partial charge in [0.1, 0.15) is 11.5 Å². The molecule has 0 saturated carbocycles. The number of rotatable bonds is 9. The topological polar surface area (TPSA) is 88.2 Å². The predicted molar refractivity (Wildman–Crippen MR) is 139 cm³/mol. The van der Waals surface area contributed by atoms with Gasteiger partial charge in [-0.3, -0.25) is 4.79 Å². The number of nitrogens with one attached hydrogen (secondary N) is 1. The van der Waals surface area contributed by atoms with E-state index in [0.717, 1.165) is 17.0 Å². The quantitative estimate of drug-likeness (QED) is 0.456. The number of nitrogens with zero attached hydrogens (tertiary/aromatic N) is 2. The van der Waals surface area contributed by atoms with Crippen LogP contribution in [0.2, 0.25) is 5.02 Å². The largest absolute Gasteiger partial charge is 0.497 e. The first-order chi connectivity index (χ1) is 17.4. The Labute approximate surface area is 216 Å². The smallest absolute Gasteiger partial charge is 0.260 e. The summed E-state index contributed by atoms with van der Waals surface area (Å²) in [5, 5.41) is 0.120. The zero-order valence-corrected chi connectivity index (χ0v) is 21.5. The average molecular weight is 530 g/mol. The number of anilines is 1. The van der Waals surface area contributed by atoms with Gasteiger partial charge in [-0.15, -0.1) is 0 Å². The Morgan fingerprint density at radius 3 is 2.31 bits per heavy atom. The fraction of sp³-hybridized carbons (Fsp3) is 0.269. The first-order valence-electron chi connectivity index (χ1n) is 11.5. The van der Waals surface area contributed by atoms with E-state index in [1.807, 2.05) is 54.6 Å². The number of amides is 1. The van der Waals surface area contributed by atoms with Gasteiger partial charge in [-0.25, -0.2) is 13.1 Å². The Morgan fingerprint density at radius 2 is 1.67 bits per heavy atom. The molecular formula is C26H28ClN3O5S. The van der Waals surface area contributed by atoms with Gasteiger partial charge in [0.15, 0.2) is 6.61 Å². The molecule has 0 bridgehead atoms. The van der Waals surface area contributed by atoms with E-state index in [1.54, 1.807) is 12.0 Å². The molecule has 8 nitrogen and oxygen atoms in total. The highest BCUT2D eigenvalue weighted by Gasteiger charge is 2.22. The molecule has 0 spiro atoms. The van der Waals surface area contributed by atoms with E-state index < -0.39 is 10.0 Å². The molecule has 190 valence electrons. The summed E-state index contributed by atoms with van der Waals surface area (Å²) in [6.07, 6.45) is 0. The van der Waals surface area contributed by atoms with Crippen molar-refractivity contribution in [2.24, 2.45) is 0 Å². The predicted octanol–water partition coefficient (Wildman–Crippen LogP) is 3.55. The van der Waals surface area contributed by atoms with Crippen molar-refractivity contribution in [3.63, 3.8) is 0 Å². The number of hydrogen-bond donors (Lipinski definition) is 1. The Balaban J connectivity index is 1.28. The van der Waals surface area contributed by atoms with Crippen molar-refractivity contribution in [3.05, 3.63) is 83.4 Å². The number of methoxy groups -OCH3 is 1. The molecule has 1 heterocycles. The maximum Gasteiger partial charge on any atom is 0.260 e. The zero-order chi connectivity index (χ0) is 25.5. The Morgan fingerprint density at radius 1 is 0.972 bits per heavy atom. The molecule has 4 rings (SSSR count). The van der Waals surface area contributed by atoms with Gasteiger partial charge in [0, 0.05) is 38.4 Å². The molecule has 0 aromatic heterocycles. The van der Waals surface area contributed by atoms with Gasteiger partial charge in [-0.2, -0.15) is 0 Å². The summed E-state index contributed by atoms with van der Waals surface area (Å²) in [6.45, 7) is 2.56. The first kappa shape index (κ1) is 25.8. The van der Waals surface area contributed by atoms with Crippen LogP contribution in [0.1, 0.15) is 5.56 Å². The van der Waals surface area contributed by atoms with Crippen LogP contribution in [0, 0.1) is 0 Å². The monoisotopic (exact) mass is 529 g/mol. The molecule has 36 heavy (non-hydrogen) atoms. The molecule has 1 saturated heterocycles. The van der Waals surface area contributed by atoms with Crippen molar-refractivity contribution >= 4 is 33.2 Å². The lowest BCUT2D eigenvalue weighted by molar-refractivity contribution is -0.133. The molecule has 3 aromatic rings. The molecule has 1 aliphatic heterocycles. The second-order valence-electron chi connectivity index (χ2n) is 8.26. The fourth-order valence-electron chi connectivity index (χ4n) is 3.86. The molecule has 10 heteroatoms. The van der Waals surface area contributed by atoms with Crippen molar-refractivity contribution in [1.29, 1.82) is 0 Å². The minimum atomic E-state index is -3.76. The molecule has 1 N–H and O–H groups in total. The number of piperazine rings is 1. The van der Waals surface area contributed by atoms with Crippen LogP contribution < -0.4 is 19.1 Å². The van der Waals surface area contributed by atoms with Crippen LogP contribution in [0.5, 0.6) is 11.5 Å². The highest BCUT2D eigenvalue weighted by Crippen LogP contribution is 2.28. The van der Waals surface area contributed by atoms with E-state index in [9.17, 15) is 13.2 Å². The van der Waals surface area contributed by atoms with Crippen LogP contribution in [0.4, 0.5) is 5.69 Å². The Hall–Kier alpha value is -3.27. The third-order valence-corrected chi connectivity index (χ3v) is 7.64. The van der Waals surface area contributed by atoms with E-state index in [1.165, 1.54) is 18.2 Å². The summed E-state index contributed by atoms with van der Waals surface area (Å²) in [7, 11) is -2.12. The van der Waals surface area contributed by atoms with E-state index in [4.69, 9.17) is 21.1 Å². The van der Waals surface area contributed by atoms with E-state index in [-0.39, 0.29) is 34.7 Å². The van der Waals surface area contributed by atoms with Crippen molar-refractivity contribution < 1.29 is 22.7 Å². The zero-order valence-electron chi connectivity index (χ0n) is 19.9. The van der Waals surface area contributed by atoms with Crippen LogP contribution in [-0.4, -0.2) is 59.1 Å². The number of hydrogen-bond acceptors (Lipinski definition) is 6. The van der Waals surface area contributed by atoms with Crippen LogP contribution in [0.3, 0.4) is 0 Å². The van der Waals surface area contributed by atoms with Gasteiger partial charge in [0.2, 0.25) is 10.0 Å². The molecule has 0 unspecified atom stereocenters. The van der Waals surface area contributed by atoms with Crippen molar-refractivity contribution in [3.8, 4) is 11.5 Å². The molecule has 0 radical (unpaired) electrons. The van der Waals surface area contributed by atoms with Crippen molar-refractivity contribution in [2.75, 3.05) is 44.8 Å². The third kappa shape index (κ3) is 6.48. The van der Waals surface area contributed by atoms with Gasteiger partial charge >= 0.3 is 0 Å². The molecule has 1 amide bonds. The summed E-state index contributed by atoms with van der Waals surface area (Å²) in [5.41, 5.74) is 1.93. The maximum absolute atomic E-state index is 12.7. The summed E-state index contributed by atoms with van der Waals surface area (Å²) in [4.78, 5) is 16.7. The Kier molecular flexibility index (Phi) is 8.35. The van der Waals surface area contributed by atoms with E-state index in [2.05, 4.69) is 9.62 Å². The van der Waals surface area contributed by atoms with Gasteiger partial charge in [-0.05, 0) is 48.0 Å². The van der Waals surface area contributed by atoms with Crippen LogP contribution in [-0.2, 0) is 21.4 Å². The number of halogens is 1. The molecule has 0 atom stereocenters. The summed E-state index contributed by atoms with van der Waals surface area (Å²) < 4.78 is 38.6. The first-order valence-corrected chi connectivity index (χ1v) is 13.3. The average Bonchev–Trinajstić information content (AvgIpc) is 2.92. The normalized spacial score (nSPS) is 13.9.